The van der Waals surface area contributed by atoms with Crippen molar-refractivity contribution in [3.05, 3.63) is 42.2 Å². The van der Waals surface area contributed by atoms with Crippen LogP contribution in [0.2, 0.25) is 0 Å². The van der Waals surface area contributed by atoms with E-state index in [1.165, 1.54) is 0 Å². The van der Waals surface area contributed by atoms with Crippen LogP contribution in [0.5, 0.6) is 0 Å². The Morgan fingerprint density at radius 3 is 2.76 bits per heavy atom. The van der Waals surface area contributed by atoms with Crippen LogP contribution in [0.3, 0.4) is 0 Å². The van der Waals surface area contributed by atoms with Gasteiger partial charge in [0, 0.05) is 5.92 Å². The van der Waals surface area contributed by atoms with Gasteiger partial charge in [0.15, 0.2) is 0 Å². The van der Waals surface area contributed by atoms with Crippen LogP contribution in [0.4, 0.5) is 0 Å². The number of hydrogen-bond donors (Lipinski definition) is 1. The van der Waals surface area contributed by atoms with Crippen LogP contribution in [-0.2, 0) is 4.79 Å². The number of carbonyl (C=O) groups is 1. The third kappa shape index (κ3) is 2.50. The van der Waals surface area contributed by atoms with Gasteiger partial charge in [-0.1, -0.05) is 30.3 Å². The molecule has 1 N–H and O–H groups in total. The Morgan fingerprint density at radius 1 is 1.41 bits per heavy atom. The van der Waals surface area contributed by atoms with Crippen LogP contribution in [0, 0.1) is 0 Å². The zero-order valence-electron chi connectivity index (χ0n) is 9.45. The molecule has 17 heavy (non-hydrogen) atoms. The second-order valence-corrected chi connectivity index (χ2v) is 3.91. The maximum Gasteiger partial charge on any atom is 0.304 e. The van der Waals surface area contributed by atoms with E-state index in [9.17, 15) is 4.79 Å². The zero-order chi connectivity index (χ0) is 12.3. The van der Waals surface area contributed by atoms with E-state index in [0.717, 1.165) is 11.4 Å². The van der Waals surface area contributed by atoms with Gasteiger partial charge in [-0.2, -0.15) is 0 Å². The van der Waals surface area contributed by atoms with Gasteiger partial charge in [0.25, 0.3) is 0 Å². The molecule has 0 spiro atoms. The molecule has 0 aliphatic rings. The van der Waals surface area contributed by atoms with Crippen molar-refractivity contribution in [1.82, 2.24) is 15.0 Å². The molecule has 5 nitrogen and oxygen atoms in total. The van der Waals surface area contributed by atoms with Crippen molar-refractivity contribution >= 4 is 5.97 Å². The van der Waals surface area contributed by atoms with Gasteiger partial charge in [0.05, 0.1) is 24.0 Å². The number of benzene rings is 1. The summed E-state index contributed by atoms with van der Waals surface area (Å²) in [6, 6.07) is 9.55. The van der Waals surface area contributed by atoms with Gasteiger partial charge in [0.2, 0.25) is 0 Å². The third-order valence-electron chi connectivity index (χ3n) is 2.56. The van der Waals surface area contributed by atoms with Gasteiger partial charge < -0.3 is 5.11 Å². The van der Waals surface area contributed by atoms with Crippen LogP contribution in [0.25, 0.3) is 5.69 Å². The van der Waals surface area contributed by atoms with E-state index in [4.69, 9.17) is 5.11 Å². The fraction of sp³-hybridized carbons (Fsp3) is 0.250. The molecule has 0 fully saturated rings. The maximum absolute atomic E-state index is 10.7. The highest BCUT2D eigenvalue weighted by atomic mass is 16.4. The molecular formula is C12H13N3O2. The summed E-state index contributed by atoms with van der Waals surface area (Å²) in [5, 5.41) is 16.6. The van der Waals surface area contributed by atoms with Gasteiger partial charge in [-0.05, 0) is 12.1 Å². The number of aliphatic carboxylic acids is 1. The highest BCUT2D eigenvalue weighted by Crippen LogP contribution is 2.20. The third-order valence-corrected chi connectivity index (χ3v) is 2.56. The summed E-state index contributed by atoms with van der Waals surface area (Å²) in [6.07, 6.45) is 1.68. The fourth-order valence-corrected chi connectivity index (χ4v) is 1.72. The summed E-state index contributed by atoms with van der Waals surface area (Å²) in [7, 11) is 0. The first-order chi connectivity index (χ1) is 8.18. The van der Waals surface area contributed by atoms with E-state index in [-0.39, 0.29) is 12.3 Å². The molecule has 0 saturated heterocycles. The smallest absolute Gasteiger partial charge is 0.304 e. The van der Waals surface area contributed by atoms with Crippen LogP contribution in [0.15, 0.2) is 36.5 Å². The van der Waals surface area contributed by atoms with Crippen molar-refractivity contribution in [3.63, 3.8) is 0 Å². The number of carboxylic acid groups (broad SMARTS) is 1. The number of nitrogens with zero attached hydrogens (tertiary/aromatic N) is 3. The highest BCUT2D eigenvalue weighted by Gasteiger charge is 2.16. The molecule has 1 aromatic heterocycles. The molecule has 1 heterocycles. The summed E-state index contributed by atoms with van der Waals surface area (Å²) in [6.45, 7) is 1.85. The first-order valence-electron chi connectivity index (χ1n) is 5.36. The largest absolute Gasteiger partial charge is 0.481 e. The molecule has 1 unspecified atom stereocenters. The molecule has 5 heteroatoms. The average Bonchev–Trinajstić information content (AvgIpc) is 2.78. The molecule has 1 atom stereocenters. The van der Waals surface area contributed by atoms with Crippen molar-refractivity contribution in [1.29, 1.82) is 0 Å². The van der Waals surface area contributed by atoms with Gasteiger partial charge >= 0.3 is 5.97 Å². The molecule has 0 amide bonds. The van der Waals surface area contributed by atoms with E-state index in [1.54, 1.807) is 10.9 Å². The number of hydrogen-bond acceptors (Lipinski definition) is 3. The molecular weight excluding hydrogens is 218 g/mol. The number of carboxylic acids is 1. The van der Waals surface area contributed by atoms with Crippen LogP contribution in [0.1, 0.15) is 25.0 Å². The Kier molecular flexibility index (Phi) is 3.18. The van der Waals surface area contributed by atoms with Crippen molar-refractivity contribution in [3.8, 4) is 5.69 Å². The lowest BCUT2D eigenvalue weighted by molar-refractivity contribution is -0.137. The Bertz CT molecular complexity index is 507. The number of para-hydroxylation sites is 1. The second kappa shape index (κ2) is 4.78. The van der Waals surface area contributed by atoms with Crippen molar-refractivity contribution < 1.29 is 9.90 Å². The summed E-state index contributed by atoms with van der Waals surface area (Å²) in [5.41, 5.74) is 1.69. The maximum atomic E-state index is 10.7. The topological polar surface area (TPSA) is 68.0 Å². The molecule has 0 bridgehead atoms. The molecule has 0 aliphatic carbocycles. The van der Waals surface area contributed by atoms with Crippen molar-refractivity contribution in [2.75, 3.05) is 0 Å². The Hall–Kier alpha value is -2.17. The Balaban J connectivity index is 2.32. The number of aromatic nitrogens is 3. The summed E-state index contributed by atoms with van der Waals surface area (Å²) < 4.78 is 1.67. The first-order valence-corrected chi connectivity index (χ1v) is 5.36. The van der Waals surface area contributed by atoms with E-state index in [1.807, 2.05) is 37.3 Å². The molecule has 1 aromatic carbocycles. The zero-order valence-corrected chi connectivity index (χ0v) is 9.45. The molecule has 0 saturated carbocycles. The molecule has 2 aromatic rings. The predicted octanol–water partition coefficient (Wildman–Crippen LogP) is 1.85. The molecule has 0 radical (unpaired) electrons. The quantitative estimate of drug-likeness (QED) is 0.871. The molecule has 2 rings (SSSR count). The molecule has 0 aliphatic heterocycles. The van der Waals surface area contributed by atoms with Gasteiger partial charge in [-0.25, -0.2) is 4.68 Å². The number of rotatable bonds is 4. The van der Waals surface area contributed by atoms with E-state index >= 15 is 0 Å². The molecule has 88 valence electrons. The minimum absolute atomic E-state index is 0.0696. The van der Waals surface area contributed by atoms with E-state index in [2.05, 4.69) is 10.3 Å². The second-order valence-electron chi connectivity index (χ2n) is 3.91. The monoisotopic (exact) mass is 231 g/mol. The minimum atomic E-state index is -0.821. The summed E-state index contributed by atoms with van der Waals surface area (Å²) >= 11 is 0. The SMILES string of the molecule is CC(CC(=O)O)c1cnnn1-c1ccccc1. The van der Waals surface area contributed by atoms with Gasteiger partial charge in [-0.3, -0.25) is 4.79 Å². The summed E-state index contributed by atoms with van der Waals surface area (Å²) in [4.78, 5) is 10.7. The van der Waals surface area contributed by atoms with E-state index < -0.39 is 5.97 Å². The van der Waals surface area contributed by atoms with Gasteiger partial charge in [0.1, 0.15) is 0 Å². The minimum Gasteiger partial charge on any atom is -0.481 e. The lowest BCUT2D eigenvalue weighted by Crippen LogP contribution is -2.09. The van der Waals surface area contributed by atoms with Crippen molar-refractivity contribution in [2.24, 2.45) is 0 Å². The van der Waals surface area contributed by atoms with Crippen LogP contribution in [-0.4, -0.2) is 26.1 Å². The first kappa shape index (κ1) is 11.3. The lowest BCUT2D eigenvalue weighted by atomic mass is 10.0. The Labute approximate surface area is 98.7 Å². The predicted molar refractivity (Wildman–Crippen MR) is 62.0 cm³/mol. The average molecular weight is 231 g/mol. The fourth-order valence-electron chi connectivity index (χ4n) is 1.72. The van der Waals surface area contributed by atoms with Crippen LogP contribution >= 0.6 is 0 Å². The summed E-state index contributed by atoms with van der Waals surface area (Å²) in [5.74, 6) is -0.944. The van der Waals surface area contributed by atoms with E-state index in [0.29, 0.717) is 0 Å². The normalized spacial score (nSPS) is 12.3. The lowest BCUT2D eigenvalue weighted by Gasteiger charge is -2.10. The highest BCUT2D eigenvalue weighted by molar-refractivity contribution is 5.67. The standard InChI is InChI=1S/C12H13N3O2/c1-9(7-12(16)17)11-8-13-14-15(11)10-5-3-2-4-6-10/h2-6,8-9H,7H2,1H3,(H,16,17). The van der Waals surface area contributed by atoms with Crippen LogP contribution < -0.4 is 0 Å². The van der Waals surface area contributed by atoms with Gasteiger partial charge in [-0.15, -0.1) is 5.10 Å². The van der Waals surface area contributed by atoms with Crippen molar-refractivity contribution in [2.45, 2.75) is 19.3 Å². The Morgan fingerprint density at radius 2 is 2.12 bits per heavy atom.